The molecule has 1 aromatic heterocycles. The monoisotopic (exact) mass is 342 g/mol. The first-order valence-corrected chi connectivity index (χ1v) is 9.50. The number of benzene rings is 1. The highest BCUT2D eigenvalue weighted by Crippen LogP contribution is 2.39. The van der Waals surface area contributed by atoms with Crippen LogP contribution in [0.2, 0.25) is 0 Å². The Morgan fingerprint density at radius 2 is 2.08 bits per heavy atom. The average molecular weight is 342 g/mol. The van der Waals surface area contributed by atoms with Crippen molar-refractivity contribution in [2.24, 2.45) is 0 Å². The molecule has 0 unspecified atom stereocenters. The van der Waals surface area contributed by atoms with E-state index in [9.17, 15) is 4.79 Å². The summed E-state index contributed by atoms with van der Waals surface area (Å²) in [6, 6.07) is 6.79. The number of carbonyl (C=O) groups is 1. The van der Waals surface area contributed by atoms with E-state index in [0.29, 0.717) is 6.04 Å². The van der Waals surface area contributed by atoms with Crippen LogP contribution in [0.4, 0.5) is 5.69 Å². The van der Waals surface area contributed by atoms with Crippen LogP contribution in [0.25, 0.3) is 0 Å². The number of aromatic nitrogens is 3. The van der Waals surface area contributed by atoms with Gasteiger partial charge < -0.3 is 9.88 Å². The fourth-order valence-electron chi connectivity index (χ4n) is 3.29. The third-order valence-corrected chi connectivity index (χ3v) is 5.82. The molecule has 2 aromatic rings. The third-order valence-electron chi connectivity index (χ3n) is 4.76. The maximum absolute atomic E-state index is 12.5. The normalized spacial score (nSPS) is 17.6. The molecule has 24 heavy (non-hydrogen) atoms. The van der Waals surface area contributed by atoms with E-state index >= 15 is 0 Å². The summed E-state index contributed by atoms with van der Waals surface area (Å²) < 4.78 is 2.17. The molecule has 0 bridgehead atoms. The molecule has 0 radical (unpaired) electrons. The van der Waals surface area contributed by atoms with Gasteiger partial charge in [-0.05, 0) is 69.2 Å². The first-order valence-electron chi connectivity index (χ1n) is 8.62. The lowest BCUT2D eigenvalue weighted by Crippen LogP contribution is -2.23. The molecule has 6 heteroatoms. The van der Waals surface area contributed by atoms with Crippen LogP contribution in [0.15, 0.2) is 23.4 Å². The Kier molecular flexibility index (Phi) is 4.08. The SMILES string of the molecule is Cc1nnc(S[C@H](C)C(=O)Nc2ccc3c(c2)CCC3)n1C1CC1. The van der Waals surface area contributed by atoms with Gasteiger partial charge in [-0.25, -0.2) is 0 Å². The fraction of sp³-hybridized carbons (Fsp3) is 0.500. The molecule has 1 aromatic carbocycles. The number of hydrogen-bond acceptors (Lipinski definition) is 4. The highest BCUT2D eigenvalue weighted by atomic mass is 32.2. The lowest BCUT2D eigenvalue weighted by Gasteiger charge is -2.13. The van der Waals surface area contributed by atoms with Gasteiger partial charge in [0, 0.05) is 11.7 Å². The predicted octanol–water partition coefficient (Wildman–Crippen LogP) is 3.53. The summed E-state index contributed by atoms with van der Waals surface area (Å²) in [7, 11) is 0. The van der Waals surface area contributed by atoms with Gasteiger partial charge in [-0.1, -0.05) is 17.8 Å². The summed E-state index contributed by atoms with van der Waals surface area (Å²) in [5, 5.41) is 12.1. The van der Waals surface area contributed by atoms with Gasteiger partial charge in [0.15, 0.2) is 5.16 Å². The molecule has 0 aliphatic heterocycles. The first-order chi connectivity index (χ1) is 11.6. The van der Waals surface area contributed by atoms with Crippen LogP contribution in [0.1, 0.15) is 49.2 Å². The third kappa shape index (κ3) is 3.07. The number of rotatable bonds is 5. The van der Waals surface area contributed by atoms with Crippen molar-refractivity contribution in [2.45, 2.75) is 62.4 Å². The first kappa shape index (κ1) is 15.7. The Morgan fingerprint density at radius 3 is 2.88 bits per heavy atom. The van der Waals surface area contributed by atoms with Crippen molar-refractivity contribution in [2.75, 3.05) is 5.32 Å². The van der Waals surface area contributed by atoms with Gasteiger partial charge in [0.2, 0.25) is 5.91 Å². The molecule has 1 saturated carbocycles. The molecule has 0 spiro atoms. The maximum Gasteiger partial charge on any atom is 0.237 e. The van der Waals surface area contributed by atoms with Crippen LogP contribution < -0.4 is 5.32 Å². The quantitative estimate of drug-likeness (QED) is 0.845. The largest absolute Gasteiger partial charge is 0.325 e. The van der Waals surface area contributed by atoms with Gasteiger partial charge in [0.25, 0.3) is 0 Å². The highest BCUT2D eigenvalue weighted by molar-refractivity contribution is 8.00. The van der Waals surface area contributed by atoms with Crippen molar-refractivity contribution in [3.8, 4) is 0 Å². The van der Waals surface area contributed by atoms with Crippen LogP contribution in [-0.4, -0.2) is 25.9 Å². The zero-order chi connectivity index (χ0) is 16.7. The molecule has 2 aliphatic carbocycles. The standard InChI is InChI=1S/C18H22N4OS/c1-11(24-18-21-20-12(2)22(18)16-8-9-16)17(23)19-15-7-6-13-4-3-5-14(13)10-15/h6-7,10-11,16H,3-5,8-9H2,1-2H3,(H,19,23)/t11-/m1/s1. The molecule has 1 N–H and O–H groups in total. The Labute approximate surface area is 146 Å². The lowest BCUT2D eigenvalue weighted by atomic mass is 10.1. The zero-order valence-electron chi connectivity index (χ0n) is 14.1. The van der Waals surface area contributed by atoms with Crippen molar-refractivity contribution >= 4 is 23.4 Å². The summed E-state index contributed by atoms with van der Waals surface area (Å²) in [5.41, 5.74) is 3.69. The number of nitrogens with zero attached hydrogens (tertiary/aromatic N) is 3. The van der Waals surface area contributed by atoms with Gasteiger partial charge in [-0.2, -0.15) is 0 Å². The topological polar surface area (TPSA) is 59.8 Å². The predicted molar refractivity (Wildman–Crippen MR) is 95.4 cm³/mol. The molecule has 0 saturated heterocycles. The van der Waals surface area contributed by atoms with Crippen molar-refractivity contribution < 1.29 is 4.79 Å². The second-order valence-corrected chi connectivity index (χ2v) is 8.03. The number of fused-ring (bicyclic) bond motifs is 1. The molecular weight excluding hydrogens is 320 g/mol. The van der Waals surface area contributed by atoms with Gasteiger partial charge in [0.1, 0.15) is 5.82 Å². The minimum absolute atomic E-state index is 0.0148. The van der Waals surface area contributed by atoms with Crippen LogP contribution in [0, 0.1) is 6.92 Å². The number of thioether (sulfide) groups is 1. The maximum atomic E-state index is 12.5. The van der Waals surface area contributed by atoms with Gasteiger partial charge in [-0.15, -0.1) is 10.2 Å². The molecule has 126 valence electrons. The second kappa shape index (κ2) is 6.24. The average Bonchev–Trinajstić information content (AvgIpc) is 3.17. The van der Waals surface area contributed by atoms with Gasteiger partial charge >= 0.3 is 0 Å². The lowest BCUT2D eigenvalue weighted by molar-refractivity contribution is -0.115. The van der Waals surface area contributed by atoms with E-state index < -0.39 is 0 Å². The number of amides is 1. The van der Waals surface area contributed by atoms with Crippen molar-refractivity contribution in [3.05, 3.63) is 35.2 Å². The van der Waals surface area contributed by atoms with Crippen LogP contribution >= 0.6 is 11.8 Å². The number of nitrogens with one attached hydrogen (secondary N) is 1. The number of aryl methyl sites for hydroxylation is 3. The van der Waals surface area contributed by atoms with E-state index in [-0.39, 0.29) is 11.2 Å². The Balaban J connectivity index is 1.43. The van der Waals surface area contributed by atoms with E-state index in [0.717, 1.165) is 29.5 Å². The van der Waals surface area contributed by atoms with E-state index in [1.807, 2.05) is 19.9 Å². The summed E-state index contributed by atoms with van der Waals surface area (Å²) in [5.74, 6) is 0.951. The minimum atomic E-state index is -0.209. The molecule has 1 atom stereocenters. The van der Waals surface area contributed by atoms with E-state index in [1.165, 1.54) is 42.2 Å². The molecule has 4 rings (SSSR count). The van der Waals surface area contributed by atoms with Crippen LogP contribution in [0.5, 0.6) is 0 Å². The summed E-state index contributed by atoms with van der Waals surface area (Å²) >= 11 is 1.49. The summed E-state index contributed by atoms with van der Waals surface area (Å²) in [6.45, 7) is 3.90. The van der Waals surface area contributed by atoms with Gasteiger partial charge in [-0.3, -0.25) is 4.79 Å². The molecule has 1 amide bonds. The van der Waals surface area contributed by atoms with Crippen molar-refractivity contribution in [1.29, 1.82) is 0 Å². The molecular formula is C18H22N4OS. The Bertz CT molecular complexity index is 781. The van der Waals surface area contributed by atoms with Crippen LogP contribution in [0.3, 0.4) is 0 Å². The minimum Gasteiger partial charge on any atom is -0.325 e. The summed E-state index contributed by atoms with van der Waals surface area (Å²) in [4.78, 5) is 12.5. The number of anilines is 1. The Morgan fingerprint density at radius 1 is 1.29 bits per heavy atom. The van der Waals surface area contributed by atoms with E-state index in [2.05, 4.69) is 32.2 Å². The number of hydrogen-bond donors (Lipinski definition) is 1. The Hall–Kier alpha value is -1.82. The van der Waals surface area contributed by atoms with Crippen molar-refractivity contribution in [1.82, 2.24) is 14.8 Å². The molecule has 5 nitrogen and oxygen atoms in total. The van der Waals surface area contributed by atoms with Gasteiger partial charge in [0.05, 0.1) is 5.25 Å². The molecule has 1 heterocycles. The summed E-state index contributed by atoms with van der Waals surface area (Å²) in [6.07, 6.45) is 5.86. The van der Waals surface area contributed by atoms with E-state index in [1.54, 1.807) is 0 Å². The highest BCUT2D eigenvalue weighted by Gasteiger charge is 2.29. The second-order valence-electron chi connectivity index (χ2n) is 6.72. The zero-order valence-corrected chi connectivity index (χ0v) is 14.9. The van der Waals surface area contributed by atoms with Crippen molar-refractivity contribution in [3.63, 3.8) is 0 Å². The smallest absolute Gasteiger partial charge is 0.237 e. The fourth-order valence-corrected chi connectivity index (χ4v) is 4.25. The number of carbonyl (C=O) groups excluding carboxylic acids is 1. The molecule has 2 aliphatic rings. The van der Waals surface area contributed by atoms with Crippen LogP contribution in [-0.2, 0) is 17.6 Å². The molecule has 1 fully saturated rings. The van der Waals surface area contributed by atoms with E-state index in [4.69, 9.17) is 0 Å².